The normalized spacial score (nSPS) is 13.0. The summed E-state index contributed by atoms with van der Waals surface area (Å²) in [7, 11) is 0. The molecule has 1 aliphatic rings. The minimum atomic E-state index is -0.419. The molecule has 2 amide bonds. The fourth-order valence-corrected chi connectivity index (χ4v) is 2.95. The first-order valence-electron chi connectivity index (χ1n) is 8.46. The van der Waals surface area contributed by atoms with Crippen molar-refractivity contribution >= 4 is 34.2 Å². The Morgan fingerprint density at radius 2 is 1.96 bits per heavy atom. The van der Waals surface area contributed by atoms with Crippen LogP contribution < -0.4 is 21.0 Å². The monoisotopic (exact) mass is 364 g/mol. The quantitative estimate of drug-likeness (QED) is 0.694. The third-order valence-corrected chi connectivity index (χ3v) is 4.25. The van der Waals surface area contributed by atoms with Crippen LogP contribution in [0.25, 0.3) is 11.0 Å². The summed E-state index contributed by atoms with van der Waals surface area (Å²) >= 11 is 0. The molecule has 0 aliphatic carbocycles. The van der Waals surface area contributed by atoms with Gasteiger partial charge in [-0.3, -0.25) is 9.59 Å². The van der Waals surface area contributed by atoms with E-state index in [1.165, 1.54) is 6.07 Å². The fraction of sp³-hybridized carbons (Fsp3) is 0.150. The average Bonchev–Trinajstić information content (AvgIpc) is 2.66. The summed E-state index contributed by atoms with van der Waals surface area (Å²) in [6.07, 6.45) is 1.09. The fourth-order valence-electron chi connectivity index (χ4n) is 2.95. The van der Waals surface area contributed by atoms with Crippen molar-refractivity contribution in [1.82, 2.24) is 0 Å². The van der Waals surface area contributed by atoms with E-state index >= 15 is 0 Å². The first-order chi connectivity index (χ1) is 13.1. The molecule has 136 valence electrons. The summed E-state index contributed by atoms with van der Waals surface area (Å²) < 4.78 is 10.6. The zero-order valence-electron chi connectivity index (χ0n) is 14.3. The Hall–Kier alpha value is -3.61. The molecule has 2 N–H and O–H groups in total. The maximum absolute atomic E-state index is 12.1. The molecule has 0 fully saturated rings. The molecular formula is C20H16N2O5. The van der Waals surface area contributed by atoms with Crippen molar-refractivity contribution in [2.45, 2.75) is 12.8 Å². The summed E-state index contributed by atoms with van der Waals surface area (Å²) in [4.78, 5) is 34.7. The molecule has 0 bridgehead atoms. The Kier molecular flexibility index (Phi) is 4.33. The van der Waals surface area contributed by atoms with Crippen LogP contribution in [-0.4, -0.2) is 18.4 Å². The van der Waals surface area contributed by atoms with Crippen LogP contribution in [0.2, 0.25) is 0 Å². The van der Waals surface area contributed by atoms with Crippen LogP contribution in [0.1, 0.15) is 12.0 Å². The number of amides is 2. The van der Waals surface area contributed by atoms with Gasteiger partial charge in [-0.15, -0.1) is 0 Å². The molecular weight excluding hydrogens is 348 g/mol. The molecule has 27 heavy (non-hydrogen) atoms. The number of fused-ring (bicyclic) bond motifs is 2. The van der Waals surface area contributed by atoms with Crippen molar-refractivity contribution in [3.63, 3.8) is 0 Å². The Balaban J connectivity index is 1.39. The van der Waals surface area contributed by atoms with Gasteiger partial charge < -0.3 is 19.8 Å². The van der Waals surface area contributed by atoms with Crippen molar-refractivity contribution in [3.05, 3.63) is 64.5 Å². The highest BCUT2D eigenvalue weighted by atomic mass is 16.5. The van der Waals surface area contributed by atoms with E-state index in [1.807, 2.05) is 6.07 Å². The summed E-state index contributed by atoms with van der Waals surface area (Å²) in [6.45, 7) is -0.146. The van der Waals surface area contributed by atoms with Gasteiger partial charge in [-0.1, -0.05) is 0 Å². The number of benzene rings is 2. The van der Waals surface area contributed by atoms with Crippen LogP contribution in [-0.2, 0) is 16.0 Å². The van der Waals surface area contributed by atoms with Gasteiger partial charge in [-0.2, -0.15) is 0 Å². The molecule has 7 nitrogen and oxygen atoms in total. The third-order valence-electron chi connectivity index (χ3n) is 4.25. The van der Waals surface area contributed by atoms with Gasteiger partial charge in [-0.25, -0.2) is 4.79 Å². The van der Waals surface area contributed by atoms with Gasteiger partial charge in [0, 0.05) is 29.2 Å². The second-order valence-corrected chi connectivity index (χ2v) is 6.21. The summed E-state index contributed by atoms with van der Waals surface area (Å²) in [5.74, 6) is 0.267. The van der Waals surface area contributed by atoms with Gasteiger partial charge in [0.1, 0.15) is 11.3 Å². The molecule has 1 aliphatic heterocycles. The van der Waals surface area contributed by atoms with Gasteiger partial charge in [0.05, 0.1) is 0 Å². The lowest BCUT2D eigenvalue weighted by Crippen LogP contribution is -2.21. The smallest absolute Gasteiger partial charge is 0.336 e. The largest absolute Gasteiger partial charge is 0.484 e. The summed E-state index contributed by atoms with van der Waals surface area (Å²) in [5.41, 5.74) is 2.39. The lowest BCUT2D eigenvalue weighted by molar-refractivity contribution is -0.118. The molecule has 0 saturated carbocycles. The molecule has 0 spiro atoms. The minimum Gasteiger partial charge on any atom is -0.484 e. The van der Waals surface area contributed by atoms with Crippen molar-refractivity contribution < 1.29 is 18.7 Å². The van der Waals surface area contributed by atoms with Gasteiger partial charge >= 0.3 is 5.63 Å². The molecule has 3 aromatic rings. The predicted octanol–water partition coefficient (Wildman–Crippen LogP) is 2.70. The number of rotatable bonds is 4. The maximum atomic E-state index is 12.1. The van der Waals surface area contributed by atoms with Crippen molar-refractivity contribution in [1.29, 1.82) is 0 Å². The lowest BCUT2D eigenvalue weighted by atomic mass is 10.0. The number of hydrogen-bond acceptors (Lipinski definition) is 5. The van der Waals surface area contributed by atoms with Crippen molar-refractivity contribution in [2.24, 2.45) is 0 Å². The Labute approximate surface area is 153 Å². The van der Waals surface area contributed by atoms with Crippen LogP contribution in [0, 0.1) is 0 Å². The van der Waals surface area contributed by atoms with Gasteiger partial charge in [0.15, 0.2) is 6.61 Å². The number of carbonyl (C=O) groups is 2. The molecule has 0 saturated heterocycles. The number of nitrogens with one attached hydrogen (secondary N) is 2. The highest BCUT2D eigenvalue weighted by Crippen LogP contribution is 2.26. The molecule has 1 aromatic heterocycles. The molecule has 7 heteroatoms. The highest BCUT2D eigenvalue weighted by molar-refractivity contribution is 5.95. The molecule has 0 atom stereocenters. The maximum Gasteiger partial charge on any atom is 0.336 e. The molecule has 0 radical (unpaired) electrons. The number of anilines is 2. The minimum absolute atomic E-state index is 0.00482. The topological polar surface area (TPSA) is 97.6 Å². The van der Waals surface area contributed by atoms with E-state index in [-0.39, 0.29) is 18.4 Å². The number of ether oxygens (including phenoxy) is 1. The van der Waals surface area contributed by atoms with Crippen LogP contribution in [0.3, 0.4) is 0 Å². The van der Waals surface area contributed by atoms with E-state index in [2.05, 4.69) is 10.6 Å². The van der Waals surface area contributed by atoms with E-state index in [9.17, 15) is 14.4 Å². The van der Waals surface area contributed by atoms with Gasteiger partial charge in [-0.05, 0) is 54.4 Å². The summed E-state index contributed by atoms with van der Waals surface area (Å²) in [5, 5.41) is 6.26. The standard InChI is InChI=1S/C20H16N2O5/c23-18-7-1-12-10-15(4-5-16(12)22-18)26-11-19(24)21-14-3-6-17-13(9-14)2-8-20(25)27-17/h2-6,8-10H,1,7,11H2,(H,21,24)(H,22,23). The van der Waals surface area contributed by atoms with Crippen molar-refractivity contribution in [2.75, 3.05) is 17.2 Å². The second kappa shape index (κ2) is 6.95. The lowest BCUT2D eigenvalue weighted by Gasteiger charge is -2.17. The van der Waals surface area contributed by atoms with Crippen LogP contribution in [0.4, 0.5) is 11.4 Å². The van der Waals surface area contributed by atoms with Crippen LogP contribution in [0.15, 0.2) is 57.7 Å². The molecule has 4 rings (SSSR count). The molecule has 0 unspecified atom stereocenters. The number of hydrogen-bond donors (Lipinski definition) is 2. The van der Waals surface area contributed by atoms with E-state index < -0.39 is 5.63 Å². The first-order valence-corrected chi connectivity index (χ1v) is 8.46. The molecule has 2 aromatic carbocycles. The second-order valence-electron chi connectivity index (χ2n) is 6.21. The van der Waals surface area contributed by atoms with E-state index in [0.717, 1.165) is 11.3 Å². The number of aryl methyl sites for hydroxylation is 1. The zero-order valence-corrected chi connectivity index (χ0v) is 14.3. The van der Waals surface area contributed by atoms with E-state index in [4.69, 9.17) is 9.15 Å². The van der Waals surface area contributed by atoms with Crippen LogP contribution in [0.5, 0.6) is 5.75 Å². The Morgan fingerprint density at radius 3 is 2.85 bits per heavy atom. The summed E-state index contributed by atoms with van der Waals surface area (Å²) in [6, 6.07) is 13.3. The van der Waals surface area contributed by atoms with Gasteiger partial charge in [0.2, 0.25) is 5.91 Å². The number of carbonyl (C=O) groups excluding carboxylic acids is 2. The highest BCUT2D eigenvalue weighted by Gasteiger charge is 2.15. The third kappa shape index (κ3) is 3.82. The molecule has 2 heterocycles. The zero-order chi connectivity index (χ0) is 18.8. The predicted molar refractivity (Wildman–Crippen MR) is 100 cm³/mol. The Morgan fingerprint density at radius 1 is 1.07 bits per heavy atom. The Bertz CT molecular complexity index is 1100. The van der Waals surface area contributed by atoms with Crippen LogP contribution >= 0.6 is 0 Å². The first kappa shape index (κ1) is 16.8. The SMILES string of the molecule is O=C(COc1ccc2c(c1)CCC(=O)N2)Nc1ccc2oc(=O)ccc2c1. The average molecular weight is 364 g/mol. The van der Waals surface area contributed by atoms with Gasteiger partial charge in [0.25, 0.3) is 5.91 Å². The van der Waals surface area contributed by atoms with E-state index in [0.29, 0.717) is 35.2 Å². The van der Waals surface area contributed by atoms with E-state index in [1.54, 1.807) is 36.4 Å². The van der Waals surface area contributed by atoms with Crippen molar-refractivity contribution in [3.8, 4) is 5.75 Å².